The summed E-state index contributed by atoms with van der Waals surface area (Å²) < 4.78 is 0. The van der Waals surface area contributed by atoms with Gasteiger partial charge in [0.15, 0.2) is 0 Å². The summed E-state index contributed by atoms with van der Waals surface area (Å²) in [6, 6.07) is 0. The van der Waals surface area contributed by atoms with E-state index in [9.17, 15) is 0 Å². The molecule has 0 aliphatic heterocycles. The summed E-state index contributed by atoms with van der Waals surface area (Å²) in [5.74, 6) is 0. The molecule has 0 saturated heterocycles. The molecule has 0 unspecified atom stereocenters. The summed E-state index contributed by atoms with van der Waals surface area (Å²) in [5, 5.41) is 3.43. The molecule has 0 atom stereocenters. The predicted octanol–water partition coefficient (Wildman–Crippen LogP) is 0.843. The van der Waals surface area contributed by atoms with Crippen molar-refractivity contribution in [2.45, 2.75) is 44.9 Å². The van der Waals surface area contributed by atoms with Crippen LogP contribution in [0.2, 0.25) is 0 Å². The maximum Gasteiger partial charge on any atom is 0 e. The van der Waals surface area contributed by atoms with Crippen molar-refractivity contribution in [3.05, 3.63) is 0 Å². The quantitative estimate of drug-likeness (QED) is 0.348. The standard InChI is InChI=1S/C11H27N3.Li/c12-8-4-2-1-3-6-10-14-11-7-5-9-13;/h14H,1-13H2;. The minimum absolute atomic E-state index is 0. The maximum absolute atomic E-state index is 5.41. The van der Waals surface area contributed by atoms with Crippen molar-refractivity contribution in [3.63, 3.8) is 0 Å². The molecule has 0 aromatic carbocycles. The van der Waals surface area contributed by atoms with Gasteiger partial charge in [-0.15, -0.1) is 0 Å². The number of nitrogens with two attached hydrogens (primary N) is 2. The van der Waals surface area contributed by atoms with Crippen LogP contribution in [0.3, 0.4) is 0 Å². The molecule has 5 N–H and O–H groups in total. The molecule has 3 nitrogen and oxygen atoms in total. The summed E-state index contributed by atoms with van der Waals surface area (Å²) in [5.41, 5.74) is 10.8. The molecule has 4 heteroatoms. The molecule has 15 heavy (non-hydrogen) atoms. The summed E-state index contributed by atoms with van der Waals surface area (Å²) in [4.78, 5) is 0. The smallest absolute Gasteiger partial charge is 0 e. The first-order chi connectivity index (χ1) is 6.91. The minimum atomic E-state index is 0. The number of rotatable bonds is 11. The van der Waals surface area contributed by atoms with Gasteiger partial charge in [-0.1, -0.05) is 19.3 Å². The Balaban J connectivity index is 0. The Morgan fingerprint density at radius 3 is 1.60 bits per heavy atom. The van der Waals surface area contributed by atoms with E-state index in [1.807, 2.05) is 0 Å². The monoisotopic (exact) mass is 208 g/mol. The molecule has 0 rings (SSSR count). The van der Waals surface area contributed by atoms with Crippen molar-refractivity contribution in [2.24, 2.45) is 11.5 Å². The van der Waals surface area contributed by atoms with Crippen LogP contribution in [0.5, 0.6) is 0 Å². The van der Waals surface area contributed by atoms with E-state index in [0.29, 0.717) is 0 Å². The number of nitrogens with one attached hydrogen (secondary N) is 1. The molecule has 0 aliphatic rings. The van der Waals surface area contributed by atoms with E-state index in [0.717, 1.165) is 32.6 Å². The second kappa shape index (κ2) is 16.9. The van der Waals surface area contributed by atoms with Crippen LogP contribution in [-0.2, 0) is 0 Å². The van der Waals surface area contributed by atoms with Gasteiger partial charge in [0, 0.05) is 18.9 Å². The van der Waals surface area contributed by atoms with E-state index in [4.69, 9.17) is 11.5 Å². The average molecular weight is 208 g/mol. The van der Waals surface area contributed by atoms with Crippen LogP contribution in [-0.4, -0.2) is 45.0 Å². The van der Waals surface area contributed by atoms with Crippen LogP contribution in [0.1, 0.15) is 44.9 Å². The van der Waals surface area contributed by atoms with Gasteiger partial charge < -0.3 is 16.8 Å². The van der Waals surface area contributed by atoms with E-state index in [2.05, 4.69) is 5.32 Å². The van der Waals surface area contributed by atoms with Gasteiger partial charge >= 0.3 is 0 Å². The largest absolute Gasteiger partial charge is 0.330 e. The molecule has 0 saturated carbocycles. The van der Waals surface area contributed by atoms with Crippen molar-refractivity contribution in [3.8, 4) is 0 Å². The first kappa shape index (κ1) is 17.9. The molecule has 1 radical (unpaired) electrons. The molecule has 0 heterocycles. The zero-order valence-corrected chi connectivity index (χ0v) is 10.4. The predicted molar refractivity (Wildman–Crippen MR) is 69.1 cm³/mol. The summed E-state index contributed by atoms with van der Waals surface area (Å²) in [6.45, 7) is 3.95. The van der Waals surface area contributed by atoms with Gasteiger partial charge in [0.25, 0.3) is 0 Å². The first-order valence-corrected chi connectivity index (χ1v) is 6.02. The normalized spacial score (nSPS) is 10.0. The van der Waals surface area contributed by atoms with E-state index < -0.39 is 0 Å². The Morgan fingerprint density at radius 2 is 1.00 bits per heavy atom. The Hall–Kier alpha value is 0.477. The minimum Gasteiger partial charge on any atom is -0.330 e. The van der Waals surface area contributed by atoms with Gasteiger partial charge in [0.05, 0.1) is 0 Å². The number of hydrogen-bond acceptors (Lipinski definition) is 3. The summed E-state index contributed by atoms with van der Waals surface area (Å²) >= 11 is 0. The molecule has 0 aromatic heterocycles. The average Bonchev–Trinajstić information content (AvgIpc) is 2.21. The Labute approximate surface area is 107 Å². The van der Waals surface area contributed by atoms with Crippen LogP contribution < -0.4 is 16.8 Å². The SMILES string of the molecule is NCCCCCCCNCCCCN.[Li]. The van der Waals surface area contributed by atoms with Gasteiger partial charge in [0.1, 0.15) is 0 Å². The topological polar surface area (TPSA) is 64.1 Å². The maximum atomic E-state index is 5.41. The van der Waals surface area contributed by atoms with Gasteiger partial charge in [-0.25, -0.2) is 0 Å². The molecule has 0 aliphatic carbocycles. The van der Waals surface area contributed by atoms with Gasteiger partial charge in [-0.05, 0) is 51.9 Å². The van der Waals surface area contributed by atoms with E-state index in [1.54, 1.807) is 0 Å². The van der Waals surface area contributed by atoms with Crippen LogP contribution in [0.4, 0.5) is 0 Å². The van der Waals surface area contributed by atoms with Crippen molar-refractivity contribution >= 4 is 18.9 Å². The zero-order valence-electron chi connectivity index (χ0n) is 10.4. The first-order valence-electron chi connectivity index (χ1n) is 6.02. The van der Waals surface area contributed by atoms with E-state index in [-0.39, 0.29) is 18.9 Å². The van der Waals surface area contributed by atoms with Crippen molar-refractivity contribution in [1.29, 1.82) is 0 Å². The van der Waals surface area contributed by atoms with Crippen LogP contribution in [0.25, 0.3) is 0 Å². The van der Waals surface area contributed by atoms with E-state index in [1.165, 1.54) is 38.5 Å². The molecule has 0 fully saturated rings. The fourth-order valence-corrected chi connectivity index (χ4v) is 1.44. The molecule has 0 bridgehead atoms. The van der Waals surface area contributed by atoms with Crippen molar-refractivity contribution in [1.82, 2.24) is 5.32 Å². The zero-order chi connectivity index (χ0) is 10.5. The second-order valence-electron chi connectivity index (χ2n) is 3.80. The van der Waals surface area contributed by atoms with Gasteiger partial charge in [0.2, 0.25) is 0 Å². The van der Waals surface area contributed by atoms with Gasteiger partial charge in [-0.2, -0.15) is 0 Å². The summed E-state index contributed by atoms with van der Waals surface area (Å²) in [7, 11) is 0. The Morgan fingerprint density at radius 1 is 0.600 bits per heavy atom. The fourth-order valence-electron chi connectivity index (χ4n) is 1.44. The third-order valence-corrected chi connectivity index (χ3v) is 2.37. The Bertz CT molecular complexity index is 89.8. The van der Waals surface area contributed by atoms with Crippen molar-refractivity contribution in [2.75, 3.05) is 26.2 Å². The molecule has 0 amide bonds. The third kappa shape index (κ3) is 17.1. The molecule has 0 aromatic rings. The number of hydrogen-bond donors (Lipinski definition) is 3. The van der Waals surface area contributed by atoms with E-state index >= 15 is 0 Å². The molecule has 87 valence electrons. The van der Waals surface area contributed by atoms with Gasteiger partial charge in [-0.3, -0.25) is 0 Å². The molecular formula is C11H27LiN3. The fraction of sp³-hybridized carbons (Fsp3) is 1.00. The Kier molecular flexibility index (Phi) is 20.1. The molecular weight excluding hydrogens is 181 g/mol. The van der Waals surface area contributed by atoms with Crippen molar-refractivity contribution < 1.29 is 0 Å². The number of unbranched alkanes of at least 4 members (excludes halogenated alkanes) is 5. The molecule has 0 spiro atoms. The van der Waals surface area contributed by atoms with Crippen LogP contribution >= 0.6 is 0 Å². The van der Waals surface area contributed by atoms with Crippen LogP contribution in [0, 0.1) is 0 Å². The van der Waals surface area contributed by atoms with Crippen LogP contribution in [0.15, 0.2) is 0 Å². The third-order valence-electron chi connectivity index (χ3n) is 2.37. The summed E-state index contributed by atoms with van der Waals surface area (Å²) in [6.07, 6.45) is 8.81. The second-order valence-corrected chi connectivity index (χ2v) is 3.80.